The first-order valence-electron chi connectivity index (χ1n) is 9.60. The standard InChI is InChI=1S/C21H20N4O2/c1-2-7-18-15(4-1)16-5-3-6-17(19(16)26-18)20-22-23-21(27-20)25-13-12-24-10-8-14(25)9-11-24/h1-7,14H,8-13H2. The van der Waals surface area contributed by atoms with Gasteiger partial charge in [-0.3, -0.25) is 0 Å². The summed E-state index contributed by atoms with van der Waals surface area (Å²) in [5, 5.41) is 10.9. The minimum Gasteiger partial charge on any atom is -0.455 e. The first-order chi connectivity index (χ1) is 13.4. The highest BCUT2D eigenvalue weighted by Crippen LogP contribution is 2.36. The molecule has 2 bridgehead atoms. The Kier molecular flexibility index (Phi) is 3.28. The van der Waals surface area contributed by atoms with Gasteiger partial charge < -0.3 is 18.6 Å². The summed E-state index contributed by atoms with van der Waals surface area (Å²) in [5.41, 5.74) is 2.53. The van der Waals surface area contributed by atoms with E-state index in [1.807, 2.05) is 30.3 Å². The van der Waals surface area contributed by atoms with Crippen molar-refractivity contribution >= 4 is 28.0 Å². The highest BCUT2D eigenvalue weighted by Gasteiger charge is 2.32. The third-order valence-electron chi connectivity index (χ3n) is 5.95. The molecule has 0 unspecified atom stereocenters. The van der Waals surface area contributed by atoms with E-state index in [4.69, 9.17) is 8.83 Å². The van der Waals surface area contributed by atoms with E-state index in [-0.39, 0.29) is 0 Å². The normalized spacial score (nSPS) is 22.6. The Bertz CT molecular complexity index is 1120. The fraction of sp³-hybridized carbons (Fsp3) is 0.333. The molecule has 136 valence electrons. The van der Waals surface area contributed by atoms with Crippen LogP contribution >= 0.6 is 0 Å². The van der Waals surface area contributed by atoms with E-state index in [1.165, 1.54) is 13.1 Å². The van der Waals surface area contributed by atoms with Gasteiger partial charge in [0, 0.05) is 43.0 Å². The van der Waals surface area contributed by atoms with Gasteiger partial charge >= 0.3 is 6.01 Å². The molecule has 0 spiro atoms. The minimum absolute atomic E-state index is 0.499. The molecule has 5 heterocycles. The third-order valence-corrected chi connectivity index (χ3v) is 5.95. The number of rotatable bonds is 2. The summed E-state index contributed by atoms with van der Waals surface area (Å²) >= 11 is 0. The number of furan rings is 1. The Morgan fingerprint density at radius 3 is 2.59 bits per heavy atom. The molecule has 0 radical (unpaired) electrons. The maximum atomic E-state index is 6.14. The van der Waals surface area contributed by atoms with Crippen molar-refractivity contribution in [1.82, 2.24) is 15.1 Å². The Balaban J connectivity index is 1.43. The lowest BCUT2D eigenvalue weighted by atomic mass is 10.1. The number of anilines is 1. The van der Waals surface area contributed by atoms with Crippen molar-refractivity contribution in [2.24, 2.45) is 0 Å². The quantitative estimate of drug-likeness (QED) is 0.540. The van der Waals surface area contributed by atoms with Crippen molar-refractivity contribution in [2.45, 2.75) is 18.9 Å². The first-order valence-corrected chi connectivity index (χ1v) is 9.60. The molecule has 3 aliphatic rings. The predicted molar refractivity (Wildman–Crippen MR) is 104 cm³/mol. The van der Waals surface area contributed by atoms with E-state index < -0.39 is 0 Å². The van der Waals surface area contributed by atoms with E-state index in [1.54, 1.807) is 0 Å². The zero-order chi connectivity index (χ0) is 17.8. The second-order valence-electron chi connectivity index (χ2n) is 7.44. The molecule has 0 aliphatic carbocycles. The SMILES string of the molecule is c1ccc2c(c1)oc1c(-c3nnc(N4CCN5CCC4CC5)o3)cccc12. The summed E-state index contributed by atoms with van der Waals surface area (Å²) in [4.78, 5) is 4.81. The van der Waals surface area contributed by atoms with Crippen LogP contribution in [0.1, 0.15) is 12.8 Å². The highest BCUT2D eigenvalue weighted by atomic mass is 16.4. The number of piperidine rings is 1. The molecule has 0 atom stereocenters. The van der Waals surface area contributed by atoms with Crippen LogP contribution in [0.2, 0.25) is 0 Å². The van der Waals surface area contributed by atoms with Crippen LogP contribution in [0.15, 0.2) is 51.3 Å². The molecule has 6 heteroatoms. The third kappa shape index (κ3) is 2.36. The molecule has 3 fully saturated rings. The van der Waals surface area contributed by atoms with Gasteiger partial charge in [0.1, 0.15) is 11.2 Å². The van der Waals surface area contributed by atoms with Crippen molar-refractivity contribution in [3.8, 4) is 11.5 Å². The van der Waals surface area contributed by atoms with Gasteiger partial charge in [-0.25, -0.2) is 0 Å². The topological polar surface area (TPSA) is 58.5 Å². The van der Waals surface area contributed by atoms with Gasteiger partial charge in [0.05, 0.1) is 5.56 Å². The van der Waals surface area contributed by atoms with Gasteiger partial charge in [-0.05, 0) is 25.0 Å². The summed E-state index contributed by atoms with van der Waals surface area (Å²) in [6.07, 6.45) is 2.33. The molecular weight excluding hydrogens is 340 g/mol. The number of hydrogen-bond donors (Lipinski definition) is 0. The van der Waals surface area contributed by atoms with E-state index >= 15 is 0 Å². The second-order valence-corrected chi connectivity index (χ2v) is 7.44. The molecule has 27 heavy (non-hydrogen) atoms. The number of para-hydroxylation sites is 2. The summed E-state index contributed by atoms with van der Waals surface area (Å²) in [6, 6.07) is 15.3. The van der Waals surface area contributed by atoms with Gasteiger partial charge in [-0.1, -0.05) is 35.4 Å². The lowest BCUT2D eigenvalue weighted by molar-refractivity contribution is 0.249. The second kappa shape index (κ2) is 5.82. The first kappa shape index (κ1) is 15.2. The van der Waals surface area contributed by atoms with Crippen LogP contribution in [-0.2, 0) is 0 Å². The number of hydrogen-bond acceptors (Lipinski definition) is 6. The molecule has 7 rings (SSSR count). The van der Waals surface area contributed by atoms with Gasteiger partial charge in [0.2, 0.25) is 0 Å². The van der Waals surface area contributed by atoms with Crippen molar-refractivity contribution in [1.29, 1.82) is 0 Å². The molecular formula is C21H20N4O2. The number of fused-ring (bicyclic) bond motifs is 7. The van der Waals surface area contributed by atoms with E-state index in [0.717, 1.165) is 53.4 Å². The number of benzene rings is 2. The zero-order valence-corrected chi connectivity index (χ0v) is 15.0. The molecule has 2 aromatic carbocycles. The van der Waals surface area contributed by atoms with Crippen LogP contribution in [0, 0.1) is 0 Å². The Morgan fingerprint density at radius 1 is 0.815 bits per heavy atom. The molecule has 0 saturated carbocycles. The summed E-state index contributed by atoms with van der Waals surface area (Å²) < 4.78 is 12.3. The van der Waals surface area contributed by atoms with Crippen LogP contribution in [0.25, 0.3) is 33.4 Å². The van der Waals surface area contributed by atoms with Crippen molar-refractivity contribution in [2.75, 3.05) is 31.1 Å². The van der Waals surface area contributed by atoms with Gasteiger partial charge in [-0.15, -0.1) is 5.10 Å². The largest absolute Gasteiger partial charge is 0.455 e. The average Bonchev–Trinajstić information content (AvgIpc) is 3.23. The van der Waals surface area contributed by atoms with Crippen LogP contribution in [0.4, 0.5) is 6.01 Å². The predicted octanol–water partition coefficient (Wildman–Crippen LogP) is 3.92. The lowest BCUT2D eigenvalue weighted by Crippen LogP contribution is -2.38. The van der Waals surface area contributed by atoms with Crippen molar-refractivity contribution < 1.29 is 8.83 Å². The van der Waals surface area contributed by atoms with E-state index in [0.29, 0.717) is 17.9 Å². The van der Waals surface area contributed by atoms with Crippen molar-refractivity contribution in [3.05, 3.63) is 42.5 Å². The van der Waals surface area contributed by atoms with Gasteiger partial charge in [0.25, 0.3) is 5.89 Å². The van der Waals surface area contributed by atoms with E-state index in [9.17, 15) is 0 Å². The zero-order valence-electron chi connectivity index (χ0n) is 15.0. The monoisotopic (exact) mass is 360 g/mol. The summed E-state index contributed by atoms with van der Waals surface area (Å²) in [5.74, 6) is 0.522. The average molecular weight is 360 g/mol. The fourth-order valence-corrected chi connectivity index (χ4v) is 4.49. The van der Waals surface area contributed by atoms with Crippen LogP contribution < -0.4 is 4.90 Å². The lowest BCUT2D eigenvalue weighted by Gasteiger charge is -2.29. The van der Waals surface area contributed by atoms with Crippen LogP contribution in [0.5, 0.6) is 0 Å². The van der Waals surface area contributed by atoms with Crippen LogP contribution in [0.3, 0.4) is 0 Å². The Labute approximate surface area is 156 Å². The molecule has 0 amide bonds. The Hall–Kier alpha value is -2.86. The maximum absolute atomic E-state index is 6.14. The highest BCUT2D eigenvalue weighted by molar-refractivity contribution is 6.08. The summed E-state index contributed by atoms with van der Waals surface area (Å²) in [6.45, 7) is 4.34. The summed E-state index contributed by atoms with van der Waals surface area (Å²) in [7, 11) is 0. The number of nitrogens with zero attached hydrogens (tertiary/aromatic N) is 4. The van der Waals surface area contributed by atoms with E-state index in [2.05, 4.69) is 32.1 Å². The molecule has 4 aromatic rings. The van der Waals surface area contributed by atoms with Crippen LogP contribution in [-0.4, -0.2) is 47.3 Å². The molecule has 2 aromatic heterocycles. The maximum Gasteiger partial charge on any atom is 0.318 e. The molecule has 0 N–H and O–H groups in total. The van der Waals surface area contributed by atoms with Gasteiger partial charge in [-0.2, -0.15) is 0 Å². The Morgan fingerprint density at radius 2 is 1.67 bits per heavy atom. The minimum atomic E-state index is 0.499. The van der Waals surface area contributed by atoms with Crippen molar-refractivity contribution in [3.63, 3.8) is 0 Å². The fourth-order valence-electron chi connectivity index (χ4n) is 4.49. The smallest absolute Gasteiger partial charge is 0.318 e. The molecule has 3 saturated heterocycles. The van der Waals surface area contributed by atoms with Gasteiger partial charge in [0.15, 0.2) is 0 Å². The number of aromatic nitrogens is 2. The molecule has 3 aliphatic heterocycles. The molecule has 6 nitrogen and oxygen atoms in total.